The number of likely N-dealkylation sites (N-methyl/N-ethyl adjacent to an activating group) is 1. The van der Waals surface area contributed by atoms with E-state index in [1.54, 1.807) is 0 Å². The first-order valence-electron chi connectivity index (χ1n) is 4.21. The van der Waals surface area contributed by atoms with Crippen molar-refractivity contribution >= 4 is 33.3 Å². The Bertz CT molecular complexity index is 295. The molecule has 1 aromatic rings. The third kappa shape index (κ3) is 3.25. The standard InChI is InChI=1S/C10H14BrNS/c1-7(6-12-3)4-9-5-10(11)8(2)13-9/h4-5,12H,6H2,1-3H3/b7-4+. The SMILES string of the molecule is CNC/C(C)=C/c1cc(Br)c(C)s1. The number of aryl methyl sites for hydroxylation is 1. The van der Waals surface area contributed by atoms with Crippen LogP contribution in [-0.4, -0.2) is 13.6 Å². The largest absolute Gasteiger partial charge is 0.316 e. The van der Waals surface area contributed by atoms with Gasteiger partial charge in [0.2, 0.25) is 0 Å². The molecule has 0 spiro atoms. The van der Waals surface area contributed by atoms with E-state index >= 15 is 0 Å². The zero-order valence-electron chi connectivity index (χ0n) is 8.15. The zero-order valence-corrected chi connectivity index (χ0v) is 10.6. The lowest BCUT2D eigenvalue weighted by molar-refractivity contribution is 0.885. The van der Waals surface area contributed by atoms with Gasteiger partial charge in [0.05, 0.1) is 0 Å². The summed E-state index contributed by atoms with van der Waals surface area (Å²) in [6, 6.07) is 2.17. The second-order valence-corrected chi connectivity index (χ2v) is 5.22. The smallest absolute Gasteiger partial charge is 0.0317 e. The fraction of sp³-hybridized carbons (Fsp3) is 0.400. The normalized spacial score (nSPS) is 12.2. The molecule has 72 valence electrons. The van der Waals surface area contributed by atoms with Crippen LogP contribution in [0.4, 0.5) is 0 Å². The van der Waals surface area contributed by atoms with E-state index in [9.17, 15) is 0 Å². The molecular formula is C10H14BrNS. The van der Waals surface area contributed by atoms with Crippen LogP contribution in [0.1, 0.15) is 16.7 Å². The Morgan fingerprint density at radius 1 is 1.69 bits per heavy atom. The summed E-state index contributed by atoms with van der Waals surface area (Å²) < 4.78 is 1.21. The number of nitrogens with one attached hydrogen (secondary N) is 1. The summed E-state index contributed by atoms with van der Waals surface area (Å²) in [4.78, 5) is 2.65. The Morgan fingerprint density at radius 3 is 2.85 bits per heavy atom. The van der Waals surface area contributed by atoms with Crippen molar-refractivity contribution in [2.75, 3.05) is 13.6 Å². The molecule has 13 heavy (non-hydrogen) atoms. The molecule has 1 aromatic heterocycles. The Morgan fingerprint density at radius 2 is 2.38 bits per heavy atom. The summed E-state index contributed by atoms with van der Waals surface area (Å²) in [5.41, 5.74) is 1.36. The molecular weight excluding hydrogens is 246 g/mol. The first kappa shape index (κ1) is 11.0. The molecule has 1 N–H and O–H groups in total. The molecule has 0 bridgehead atoms. The van der Waals surface area contributed by atoms with Crippen LogP contribution in [0, 0.1) is 6.92 Å². The monoisotopic (exact) mass is 259 g/mol. The van der Waals surface area contributed by atoms with Gasteiger partial charge in [0, 0.05) is 20.8 Å². The van der Waals surface area contributed by atoms with Gasteiger partial charge in [0.25, 0.3) is 0 Å². The molecule has 0 saturated heterocycles. The second-order valence-electron chi connectivity index (χ2n) is 3.07. The van der Waals surface area contributed by atoms with Crippen molar-refractivity contribution in [2.24, 2.45) is 0 Å². The second kappa shape index (κ2) is 4.94. The Labute approximate surface area is 92.0 Å². The van der Waals surface area contributed by atoms with Crippen LogP contribution in [0.5, 0.6) is 0 Å². The topological polar surface area (TPSA) is 12.0 Å². The van der Waals surface area contributed by atoms with Gasteiger partial charge in [-0.15, -0.1) is 11.3 Å². The molecule has 0 aliphatic heterocycles. The minimum atomic E-state index is 0.953. The lowest BCUT2D eigenvalue weighted by atomic mass is 10.2. The van der Waals surface area contributed by atoms with Crippen LogP contribution in [0.3, 0.4) is 0 Å². The number of hydrogen-bond donors (Lipinski definition) is 1. The highest BCUT2D eigenvalue weighted by molar-refractivity contribution is 9.10. The molecule has 0 unspecified atom stereocenters. The lowest BCUT2D eigenvalue weighted by Crippen LogP contribution is -2.08. The summed E-state index contributed by atoms with van der Waals surface area (Å²) in [6.45, 7) is 5.22. The van der Waals surface area contributed by atoms with Gasteiger partial charge in [-0.3, -0.25) is 0 Å². The number of halogens is 1. The van der Waals surface area contributed by atoms with Crippen molar-refractivity contribution in [3.05, 3.63) is 25.9 Å². The maximum atomic E-state index is 3.51. The van der Waals surface area contributed by atoms with Gasteiger partial charge in [-0.1, -0.05) is 5.57 Å². The summed E-state index contributed by atoms with van der Waals surface area (Å²) in [5, 5.41) is 3.13. The number of rotatable bonds is 3. The molecule has 1 rings (SSSR count). The van der Waals surface area contributed by atoms with E-state index in [4.69, 9.17) is 0 Å². The minimum absolute atomic E-state index is 0.953. The Balaban J connectivity index is 2.78. The highest BCUT2D eigenvalue weighted by Gasteiger charge is 2.00. The molecule has 0 aliphatic carbocycles. The fourth-order valence-electron chi connectivity index (χ4n) is 1.13. The highest BCUT2D eigenvalue weighted by Crippen LogP contribution is 2.27. The van der Waals surface area contributed by atoms with E-state index in [1.807, 2.05) is 18.4 Å². The molecule has 0 fully saturated rings. The molecule has 0 saturated carbocycles. The third-order valence-electron chi connectivity index (χ3n) is 1.72. The molecule has 3 heteroatoms. The molecule has 0 atom stereocenters. The van der Waals surface area contributed by atoms with Crippen LogP contribution in [0.15, 0.2) is 16.1 Å². The minimum Gasteiger partial charge on any atom is -0.316 e. The average Bonchev–Trinajstić information content (AvgIpc) is 2.31. The van der Waals surface area contributed by atoms with Crippen molar-refractivity contribution in [3.8, 4) is 0 Å². The number of thiophene rings is 1. The summed E-state index contributed by atoms with van der Waals surface area (Å²) >= 11 is 5.33. The first-order chi connectivity index (χ1) is 6.13. The summed E-state index contributed by atoms with van der Waals surface area (Å²) in [7, 11) is 1.97. The van der Waals surface area contributed by atoms with Crippen molar-refractivity contribution in [2.45, 2.75) is 13.8 Å². The predicted octanol–water partition coefficient (Wildman–Crippen LogP) is 3.44. The van der Waals surface area contributed by atoms with Gasteiger partial charge >= 0.3 is 0 Å². The quantitative estimate of drug-likeness (QED) is 0.877. The van der Waals surface area contributed by atoms with Gasteiger partial charge in [-0.2, -0.15) is 0 Å². The van der Waals surface area contributed by atoms with Crippen LogP contribution in [0.2, 0.25) is 0 Å². The van der Waals surface area contributed by atoms with Crippen LogP contribution < -0.4 is 5.32 Å². The molecule has 1 heterocycles. The Kier molecular flexibility index (Phi) is 4.16. The molecule has 1 nitrogen and oxygen atoms in total. The van der Waals surface area contributed by atoms with Crippen LogP contribution in [-0.2, 0) is 0 Å². The van der Waals surface area contributed by atoms with Crippen LogP contribution >= 0.6 is 27.3 Å². The summed E-state index contributed by atoms with van der Waals surface area (Å²) in [5.74, 6) is 0. The molecule has 0 aromatic carbocycles. The van der Waals surface area contributed by atoms with E-state index in [0.29, 0.717) is 0 Å². The molecule has 0 radical (unpaired) electrons. The van der Waals surface area contributed by atoms with Gasteiger partial charge in [0.1, 0.15) is 0 Å². The fourth-order valence-corrected chi connectivity index (χ4v) is 2.71. The van der Waals surface area contributed by atoms with E-state index in [2.05, 4.69) is 47.2 Å². The highest BCUT2D eigenvalue weighted by atomic mass is 79.9. The average molecular weight is 260 g/mol. The Hall–Kier alpha value is -0.120. The van der Waals surface area contributed by atoms with Crippen molar-refractivity contribution < 1.29 is 0 Å². The van der Waals surface area contributed by atoms with Gasteiger partial charge in [0.15, 0.2) is 0 Å². The first-order valence-corrected chi connectivity index (χ1v) is 5.82. The summed E-state index contributed by atoms with van der Waals surface area (Å²) in [6.07, 6.45) is 2.22. The lowest BCUT2D eigenvalue weighted by Gasteiger charge is -1.96. The van der Waals surface area contributed by atoms with E-state index < -0.39 is 0 Å². The van der Waals surface area contributed by atoms with Crippen LogP contribution in [0.25, 0.3) is 6.08 Å². The van der Waals surface area contributed by atoms with Gasteiger partial charge in [-0.05, 0) is 49.0 Å². The van der Waals surface area contributed by atoms with Gasteiger partial charge in [-0.25, -0.2) is 0 Å². The van der Waals surface area contributed by atoms with Crippen molar-refractivity contribution in [3.63, 3.8) is 0 Å². The molecule has 0 amide bonds. The third-order valence-corrected chi connectivity index (χ3v) is 3.80. The van der Waals surface area contributed by atoms with Crippen molar-refractivity contribution in [1.29, 1.82) is 0 Å². The van der Waals surface area contributed by atoms with Gasteiger partial charge < -0.3 is 5.32 Å². The maximum absolute atomic E-state index is 3.51. The number of hydrogen-bond acceptors (Lipinski definition) is 2. The predicted molar refractivity (Wildman–Crippen MR) is 64.3 cm³/mol. The van der Waals surface area contributed by atoms with Crippen molar-refractivity contribution in [1.82, 2.24) is 5.32 Å². The maximum Gasteiger partial charge on any atom is 0.0317 e. The van der Waals surface area contributed by atoms with E-state index in [-0.39, 0.29) is 0 Å². The zero-order chi connectivity index (χ0) is 9.84. The van der Waals surface area contributed by atoms with E-state index in [1.165, 1.54) is 19.8 Å². The molecule has 0 aliphatic rings. The van der Waals surface area contributed by atoms with E-state index in [0.717, 1.165) is 6.54 Å².